The van der Waals surface area contributed by atoms with E-state index in [0.717, 1.165) is 19.3 Å². The third kappa shape index (κ3) is 17.5. The highest BCUT2D eigenvalue weighted by Crippen LogP contribution is 2.13. The Hall–Kier alpha value is -0.570. The first-order chi connectivity index (χ1) is 10.7. The fourth-order valence-corrected chi connectivity index (χ4v) is 2.90. The van der Waals surface area contributed by atoms with Crippen LogP contribution < -0.4 is 5.73 Å². The molecule has 0 amide bonds. The Morgan fingerprint density at radius 1 is 0.773 bits per heavy atom. The summed E-state index contributed by atoms with van der Waals surface area (Å²) in [6.45, 7) is 2.26. The lowest BCUT2D eigenvalue weighted by Crippen LogP contribution is -2.19. The normalized spacial score (nSPS) is 12.5. The predicted octanol–water partition coefficient (Wildman–Crippen LogP) is 5.66. The third-order valence-electron chi connectivity index (χ3n) is 4.39. The van der Waals surface area contributed by atoms with Crippen LogP contribution in [0.5, 0.6) is 0 Å². The van der Waals surface area contributed by atoms with Crippen molar-refractivity contribution in [2.75, 3.05) is 0 Å². The first-order valence-corrected chi connectivity index (χ1v) is 9.64. The molecule has 0 aromatic rings. The quantitative estimate of drug-likeness (QED) is 0.340. The molecule has 0 radical (unpaired) electrons. The molecule has 3 heteroatoms. The molecule has 0 aromatic heterocycles. The Bertz CT molecular complexity index is 244. The summed E-state index contributed by atoms with van der Waals surface area (Å²) in [4.78, 5) is 10.4. The van der Waals surface area contributed by atoms with Gasteiger partial charge in [0.2, 0.25) is 0 Å². The summed E-state index contributed by atoms with van der Waals surface area (Å²) in [5.41, 5.74) is 6.17. The molecule has 0 saturated heterocycles. The van der Waals surface area contributed by atoms with Crippen molar-refractivity contribution in [1.82, 2.24) is 0 Å². The monoisotopic (exact) mass is 313 g/mol. The molecule has 0 aliphatic carbocycles. The van der Waals surface area contributed by atoms with Gasteiger partial charge in [-0.25, -0.2) is 0 Å². The number of hydrogen-bond donors (Lipinski definition) is 2. The van der Waals surface area contributed by atoms with Crippen molar-refractivity contribution < 1.29 is 9.90 Å². The van der Waals surface area contributed by atoms with E-state index >= 15 is 0 Å². The van der Waals surface area contributed by atoms with Crippen molar-refractivity contribution in [1.29, 1.82) is 0 Å². The zero-order valence-electron chi connectivity index (χ0n) is 14.8. The zero-order valence-corrected chi connectivity index (χ0v) is 14.8. The Morgan fingerprint density at radius 2 is 1.18 bits per heavy atom. The smallest absolute Gasteiger partial charge is 0.303 e. The second-order valence-electron chi connectivity index (χ2n) is 6.72. The average molecular weight is 314 g/mol. The van der Waals surface area contributed by atoms with E-state index in [9.17, 15) is 4.79 Å². The van der Waals surface area contributed by atoms with Crippen LogP contribution >= 0.6 is 0 Å². The predicted molar refractivity (Wildman–Crippen MR) is 95.2 cm³/mol. The second kappa shape index (κ2) is 16.8. The fraction of sp³-hybridized carbons (Fsp3) is 0.947. The van der Waals surface area contributed by atoms with Crippen molar-refractivity contribution in [3.63, 3.8) is 0 Å². The maximum absolute atomic E-state index is 10.4. The van der Waals surface area contributed by atoms with Crippen molar-refractivity contribution in [2.24, 2.45) is 5.73 Å². The van der Waals surface area contributed by atoms with Gasteiger partial charge in [0.1, 0.15) is 0 Å². The lowest BCUT2D eigenvalue weighted by molar-refractivity contribution is -0.137. The van der Waals surface area contributed by atoms with Gasteiger partial charge in [-0.3, -0.25) is 4.79 Å². The SMILES string of the molecule is CCCCCCCCCC(N)CCCCCCCCC(=O)O. The van der Waals surface area contributed by atoms with E-state index in [-0.39, 0.29) is 0 Å². The van der Waals surface area contributed by atoms with Gasteiger partial charge in [0, 0.05) is 12.5 Å². The van der Waals surface area contributed by atoms with Crippen LogP contribution in [0.3, 0.4) is 0 Å². The van der Waals surface area contributed by atoms with Crippen molar-refractivity contribution >= 4 is 5.97 Å². The van der Waals surface area contributed by atoms with Crippen LogP contribution in [-0.2, 0) is 4.79 Å². The van der Waals surface area contributed by atoms with E-state index in [1.807, 2.05) is 0 Å². The minimum Gasteiger partial charge on any atom is -0.481 e. The van der Waals surface area contributed by atoms with Gasteiger partial charge in [0.15, 0.2) is 0 Å². The van der Waals surface area contributed by atoms with Crippen LogP contribution in [-0.4, -0.2) is 17.1 Å². The molecule has 0 spiro atoms. The lowest BCUT2D eigenvalue weighted by atomic mass is 10.0. The first kappa shape index (κ1) is 21.4. The van der Waals surface area contributed by atoms with Gasteiger partial charge in [0.25, 0.3) is 0 Å². The highest BCUT2D eigenvalue weighted by Gasteiger charge is 2.02. The summed E-state index contributed by atoms with van der Waals surface area (Å²) in [6, 6.07) is 0.391. The van der Waals surface area contributed by atoms with Crippen LogP contribution in [0.15, 0.2) is 0 Å². The molecule has 1 unspecified atom stereocenters. The van der Waals surface area contributed by atoms with Crippen LogP contribution in [0, 0.1) is 0 Å². The molecule has 1 atom stereocenters. The van der Waals surface area contributed by atoms with E-state index < -0.39 is 5.97 Å². The molecule has 0 saturated carbocycles. The Kier molecular flexibility index (Phi) is 16.4. The van der Waals surface area contributed by atoms with Gasteiger partial charge >= 0.3 is 5.97 Å². The maximum Gasteiger partial charge on any atom is 0.303 e. The molecule has 22 heavy (non-hydrogen) atoms. The summed E-state index contributed by atoms with van der Waals surface area (Å²) in [7, 11) is 0. The molecule has 0 rings (SSSR count). The summed E-state index contributed by atoms with van der Waals surface area (Å²) >= 11 is 0. The zero-order chi connectivity index (χ0) is 16.5. The molecule has 0 aliphatic heterocycles. The topological polar surface area (TPSA) is 63.3 Å². The number of carboxylic acids is 1. The summed E-state index contributed by atoms with van der Waals surface area (Å²) in [5, 5.41) is 8.54. The van der Waals surface area contributed by atoms with E-state index in [2.05, 4.69) is 6.92 Å². The highest BCUT2D eigenvalue weighted by molar-refractivity contribution is 5.66. The molecule has 3 nitrogen and oxygen atoms in total. The van der Waals surface area contributed by atoms with E-state index in [1.54, 1.807) is 0 Å². The molecule has 132 valence electrons. The minimum absolute atomic E-state index is 0.323. The number of unbranched alkanes of at least 4 members (excludes halogenated alkanes) is 11. The van der Waals surface area contributed by atoms with Gasteiger partial charge in [-0.1, -0.05) is 84.0 Å². The number of carboxylic acid groups (broad SMARTS) is 1. The van der Waals surface area contributed by atoms with Gasteiger partial charge in [-0.05, 0) is 19.3 Å². The third-order valence-corrected chi connectivity index (χ3v) is 4.39. The first-order valence-electron chi connectivity index (χ1n) is 9.64. The van der Waals surface area contributed by atoms with Gasteiger partial charge in [-0.15, -0.1) is 0 Å². The number of carbonyl (C=O) groups is 1. The summed E-state index contributed by atoms with van der Waals surface area (Å²) in [5.74, 6) is -0.670. The van der Waals surface area contributed by atoms with Crippen LogP contribution in [0.2, 0.25) is 0 Å². The van der Waals surface area contributed by atoms with Gasteiger partial charge < -0.3 is 10.8 Å². The molecule has 3 N–H and O–H groups in total. The van der Waals surface area contributed by atoms with Gasteiger partial charge in [0.05, 0.1) is 0 Å². The largest absolute Gasteiger partial charge is 0.481 e. The number of rotatable bonds is 17. The Balaban J connectivity index is 3.15. The number of hydrogen-bond acceptors (Lipinski definition) is 2. The Morgan fingerprint density at radius 3 is 1.64 bits per heavy atom. The molecular formula is C19H39NO2. The second-order valence-corrected chi connectivity index (χ2v) is 6.72. The molecule has 0 aliphatic rings. The fourth-order valence-electron chi connectivity index (χ4n) is 2.90. The standard InChI is InChI=1S/C19H39NO2/c1-2-3-4-5-6-9-12-15-18(20)16-13-10-7-8-11-14-17-19(21)22/h18H,2-17,20H2,1H3,(H,21,22). The summed E-state index contributed by atoms with van der Waals surface area (Å²) < 4.78 is 0. The van der Waals surface area contributed by atoms with Crippen molar-refractivity contribution in [2.45, 2.75) is 116 Å². The highest BCUT2D eigenvalue weighted by atomic mass is 16.4. The van der Waals surface area contributed by atoms with E-state index in [4.69, 9.17) is 10.8 Å². The van der Waals surface area contributed by atoms with Gasteiger partial charge in [-0.2, -0.15) is 0 Å². The molecule has 0 fully saturated rings. The lowest BCUT2D eigenvalue weighted by Gasteiger charge is -2.11. The van der Waals surface area contributed by atoms with Crippen molar-refractivity contribution in [3.8, 4) is 0 Å². The van der Waals surface area contributed by atoms with Crippen LogP contribution in [0.1, 0.15) is 110 Å². The molecule has 0 heterocycles. The van der Waals surface area contributed by atoms with Crippen LogP contribution in [0.25, 0.3) is 0 Å². The maximum atomic E-state index is 10.4. The number of nitrogens with two attached hydrogens (primary N) is 1. The molecular weight excluding hydrogens is 274 g/mol. The van der Waals surface area contributed by atoms with E-state index in [1.165, 1.54) is 77.0 Å². The Labute approximate surface area is 138 Å². The molecule has 0 aromatic carbocycles. The van der Waals surface area contributed by atoms with E-state index in [0.29, 0.717) is 12.5 Å². The minimum atomic E-state index is -0.670. The van der Waals surface area contributed by atoms with Crippen molar-refractivity contribution in [3.05, 3.63) is 0 Å². The summed E-state index contributed by atoms with van der Waals surface area (Å²) in [6.07, 6.45) is 18.9. The number of aliphatic carboxylic acids is 1. The van der Waals surface area contributed by atoms with Crippen LogP contribution in [0.4, 0.5) is 0 Å². The molecule has 0 bridgehead atoms. The average Bonchev–Trinajstić information content (AvgIpc) is 2.48.